The fourth-order valence-electron chi connectivity index (χ4n) is 1.87. The zero-order valence-electron chi connectivity index (χ0n) is 9.41. The summed E-state index contributed by atoms with van der Waals surface area (Å²) in [6.45, 7) is 0. The van der Waals surface area contributed by atoms with Crippen LogP contribution in [0.5, 0.6) is 0 Å². The van der Waals surface area contributed by atoms with Gasteiger partial charge in [0, 0.05) is 6.04 Å². The summed E-state index contributed by atoms with van der Waals surface area (Å²) in [5.41, 5.74) is 0.781. The first kappa shape index (κ1) is 11.6. The average Bonchev–Trinajstić information content (AvgIpc) is 2.38. The number of hydrogen-bond acceptors (Lipinski definition) is 2. The molecule has 88 valence electrons. The van der Waals surface area contributed by atoms with Gasteiger partial charge in [-0.25, -0.2) is 0 Å². The van der Waals surface area contributed by atoms with Gasteiger partial charge in [0.15, 0.2) is 0 Å². The van der Waals surface area contributed by atoms with Gasteiger partial charge in [-0.3, -0.25) is 10.1 Å². The van der Waals surface area contributed by atoms with E-state index in [9.17, 15) is 9.90 Å². The highest BCUT2D eigenvalue weighted by Gasteiger charge is 2.21. The lowest BCUT2D eigenvalue weighted by Gasteiger charge is -2.21. The summed E-state index contributed by atoms with van der Waals surface area (Å²) >= 11 is 0. The largest absolute Gasteiger partial charge is 0.480 e. The van der Waals surface area contributed by atoms with Gasteiger partial charge in [-0.1, -0.05) is 54.6 Å². The number of benzene rings is 1. The molecular formula is C14H15NO2. The minimum Gasteiger partial charge on any atom is -0.480 e. The number of aliphatic carboxylic acids is 1. The Labute approximate surface area is 100 Å². The lowest BCUT2D eigenvalue weighted by molar-refractivity contribution is -0.139. The first-order valence-electron chi connectivity index (χ1n) is 5.64. The van der Waals surface area contributed by atoms with Crippen LogP contribution in [0.25, 0.3) is 0 Å². The van der Waals surface area contributed by atoms with Crippen LogP contribution in [0, 0.1) is 0 Å². The molecule has 2 atom stereocenters. The van der Waals surface area contributed by atoms with E-state index >= 15 is 0 Å². The van der Waals surface area contributed by atoms with Gasteiger partial charge < -0.3 is 5.11 Å². The zero-order chi connectivity index (χ0) is 12.1. The van der Waals surface area contributed by atoms with Crippen molar-refractivity contribution in [2.45, 2.75) is 18.5 Å². The van der Waals surface area contributed by atoms with Gasteiger partial charge in [0.25, 0.3) is 0 Å². The molecule has 0 fully saturated rings. The topological polar surface area (TPSA) is 49.3 Å². The Bertz CT molecular complexity index is 437. The van der Waals surface area contributed by atoms with E-state index in [2.05, 4.69) is 5.32 Å². The number of hydrogen-bond donors (Lipinski definition) is 2. The number of carboxylic acids is 1. The second kappa shape index (κ2) is 5.46. The Balaban J connectivity index is 2.11. The molecule has 0 aromatic heterocycles. The molecule has 0 amide bonds. The normalized spacial score (nSPS) is 20.1. The molecule has 0 aliphatic heterocycles. The van der Waals surface area contributed by atoms with E-state index in [1.54, 1.807) is 0 Å². The summed E-state index contributed by atoms with van der Waals surface area (Å²) in [5, 5.41) is 12.4. The van der Waals surface area contributed by atoms with Crippen LogP contribution in [0.2, 0.25) is 0 Å². The summed E-state index contributed by atoms with van der Waals surface area (Å²) in [5.74, 6) is -0.848. The number of allylic oxidation sites excluding steroid dienone is 2. The number of carboxylic acid groups (broad SMARTS) is 1. The van der Waals surface area contributed by atoms with Crippen molar-refractivity contribution < 1.29 is 9.90 Å². The van der Waals surface area contributed by atoms with Crippen molar-refractivity contribution in [1.29, 1.82) is 0 Å². The second-order valence-electron chi connectivity index (χ2n) is 4.00. The van der Waals surface area contributed by atoms with Crippen LogP contribution in [-0.4, -0.2) is 17.1 Å². The molecule has 1 aromatic carbocycles. The Morgan fingerprint density at radius 3 is 2.65 bits per heavy atom. The summed E-state index contributed by atoms with van der Waals surface area (Å²) in [6, 6.07) is 8.67. The maximum Gasteiger partial charge on any atom is 0.325 e. The molecule has 1 aromatic rings. The van der Waals surface area contributed by atoms with E-state index in [1.165, 1.54) is 0 Å². The molecule has 1 aliphatic carbocycles. The van der Waals surface area contributed by atoms with Crippen LogP contribution in [0.15, 0.2) is 54.6 Å². The highest BCUT2D eigenvalue weighted by molar-refractivity contribution is 5.75. The summed E-state index contributed by atoms with van der Waals surface area (Å²) in [4.78, 5) is 11.3. The monoisotopic (exact) mass is 229 g/mol. The average molecular weight is 229 g/mol. The van der Waals surface area contributed by atoms with Crippen molar-refractivity contribution in [1.82, 2.24) is 5.32 Å². The van der Waals surface area contributed by atoms with E-state index in [0.717, 1.165) is 12.0 Å². The van der Waals surface area contributed by atoms with Crippen LogP contribution in [0.4, 0.5) is 0 Å². The quantitative estimate of drug-likeness (QED) is 0.832. The Morgan fingerprint density at radius 2 is 2.06 bits per heavy atom. The zero-order valence-corrected chi connectivity index (χ0v) is 9.41. The van der Waals surface area contributed by atoms with Crippen molar-refractivity contribution in [3.63, 3.8) is 0 Å². The Kier molecular flexibility index (Phi) is 3.73. The summed E-state index contributed by atoms with van der Waals surface area (Å²) in [6.07, 6.45) is 8.75. The van der Waals surface area contributed by atoms with Crippen LogP contribution >= 0.6 is 0 Å². The SMILES string of the molecule is O=C(O)C(NC1C=CC=CC1)c1ccccc1. The second-order valence-corrected chi connectivity index (χ2v) is 4.00. The fraction of sp³-hybridized carbons (Fsp3) is 0.214. The molecule has 0 saturated carbocycles. The molecule has 0 spiro atoms. The third kappa shape index (κ3) is 3.04. The summed E-state index contributed by atoms with van der Waals surface area (Å²) < 4.78 is 0. The minimum absolute atomic E-state index is 0.0845. The predicted molar refractivity (Wildman–Crippen MR) is 66.6 cm³/mol. The number of nitrogens with one attached hydrogen (secondary N) is 1. The van der Waals surface area contributed by atoms with Crippen molar-refractivity contribution in [2.24, 2.45) is 0 Å². The van der Waals surface area contributed by atoms with E-state index in [0.29, 0.717) is 0 Å². The van der Waals surface area contributed by atoms with Gasteiger partial charge in [-0.15, -0.1) is 0 Å². The Hall–Kier alpha value is -1.87. The molecule has 0 bridgehead atoms. The standard InChI is InChI=1S/C14H15NO2/c16-14(17)13(11-7-3-1-4-8-11)15-12-9-5-2-6-10-12/h1-9,12-13,15H,10H2,(H,16,17). The maximum atomic E-state index is 11.3. The van der Waals surface area contributed by atoms with Gasteiger partial charge in [-0.2, -0.15) is 0 Å². The molecule has 0 heterocycles. The molecular weight excluding hydrogens is 214 g/mol. The molecule has 1 aliphatic rings. The van der Waals surface area contributed by atoms with Crippen molar-refractivity contribution in [2.75, 3.05) is 0 Å². The van der Waals surface area contributed by atoms with Crippen molar-refractivity contribution >= 4 is 5.97 Å². The molecule has 0 radical (unpaired) electrons. The third-order valence-electron chi connectivity index (χ3n) is 2.74. The van der Waals surface area contributed by atoms with E-state index < -0.39 is 12.0 Å². The van der Waals surface area contributed by atoms with E-state index in [1.807, 2.05) is 54.6 Å². The number of carbonyl (C=O) groups is 1. The smallest absolute Gasteiger partial charge is 0.325 e. The van der Waals surface area contributed by atoms with Gasteiger partial charge in [-0.05, 0) is 12.0 Å². The maximum absolute atomic E-state index is 11.3. The van der Waals surface area contributed by atoms with E-state index in [-0.39, 0.29) is 6.04 Å². The van der Waals surface area contributed by atoms with Gasteiger partial charge >= 0.3 is 5.97 Å². The lowest BCUT2D eigenvalue weighted by Crippen LogP contribution is -2.36. The molecule has 2 unspecified atom stereocenters. The van der Waals surface area contributed by atoms with Crippen molar-refractivity contribution in [3.05, 3.63) is 60.2 Å². The molecule has 3 nitrogen and oxygen atoms in total. The van der Waals surface area contributed by atoms with Gasteiger partial charge in [0.05, 0.1) is 0 Å². The number of rotatable bonds is 4. The van der Waals surface area contributed by atoms with Crippen LogP contribution in [0.1, 0.15) is 18.0 Å². The summed E-state index contributed by atoms with van der Waals surface area (Å²) in [7, 11) is 0. The first-order valence-corrected chi connectivity index (χ1v) is 5.64. The lowest BCUT2D eigenvalue weighted by atomic mass is 10.0. The fourth-order valence-corrected chi connectivity index (χ4v) is 1.87. The molecule has 2 N–H and O–H groups in total. The van der Waals surface area contributed by atoms with Crippen LogP contribution < -0.4 is 5.32 Å². The molecule has 0 saturated heterocycles. The predicted octanol–water partition coefficient (Wildman–Crippen LogP) is 2.29. The van der Waals surface area contributed by atoms with Crippen LogP contribution in [-0.2, 0) is 4.79 Å². The minimum atomic E-state index is -0.848. The highest BCUT2D eigenvalue weighted by atomic mass is 16.4. The third-order valence-corrected chi connectivity index (χ3v) is 2.74. The first-order chi connectivity index (χ1) is 8.27. The van der Waals surface area contributed by atoms with Gasteiger partial charge in [0.2, 0.25) is 0 Å². The molecule has 2 rings (SSSR count). The molecule has 3 heteroatoms. The van der Waals surface area contributed by atoms with Gasteiger partial charge in [0.1, 0.15) is 6.04 Å². The van der Waals surface area contributed by atoms with Crippen LogP contribution in [0.3, 0.4) is 0 Å². The van der Waals surface area contributed by atoms with Crippen molar-refractivity contribution in [3.8, 4) is 0 Å². The Morgan fingerprint density at radius 1 is 1.29 bits per heavy atom. The highest BCUT2D eigenvalue weighted by Crippen LogP contribution is 2.15. The van der Waals surface area contributed by atoms with E-state index in [4.69, 9.17) is 0 Å². The molecule has 17 heavy (non-hydrogen) atoms.